The molecule has 0 fully saturated rings. The van der Waals surface area contributed by atoms with E-state index in [0.717, 1.165) is 29.9 Å². The van der Waals surface area contributed by atoms with Crippen LogP contribution in [-0.2, 0) is 11.2 Å². The summed E-state index contributed by atoms with van der Waals surface area (Å²) in [7, 11) is 1.55. The summed E-state index contributed by atoms with van der Waals surface area (Å²) in [5.74, 6) is -0.734. The number of benzene rings is 2. The molecule has 10 heteroatoms. The van der Waals surface area contributed by atoms with E-state index in [1.807, 2.05) is 19.1 Å². The lowest BCUT2D eigenvalue weighted by molar-refractivity contribution is -0.122. The molecule has 1 atom stereocenters. The molecule has 0 saturated heterocycles. The molecule has 1 heterocycles. The Morgan fingerprint density at radius 1 is 1.08 bits per heavy atom. The van der Waals surface area contributed by atoms with Gasteiger partial charge in [0, 0.05) is 12.2 Å². The number of ether oxygens (including phenoxy) is 1. The van der Waals surface area contributed by atoms with Crippen molar-refractivity contribution < 1.29 is 19.1 Å². The third kappa shape index (κ3) is 6.45. The first-order valence-corrected chi connectivity index (χ1v) is 12.8. The molecule has 0 aliphatic carbocycles. The maximum atomic E-state index is 14.0. The Balaban J connectivity index is 2.16. The van der Waals surface area contributed by atoms with E-state index in [9.17, 15) is 14.4 Å². The summed E-state index contributed by atoms with van der Waals surface area (Å²) >= 11 is 0.777. The van der Waals surface area contributed by atoms with Gasteiger partial charge < -0.3 is 21.5 Å². The molecule has 0 aliphatic heterocycles. The van der Waals surface area contributed by atoms with E-state index in [4.69, 9.17) is 16.2 Å². The lowest BCUT2D eigenvalue weighted by Crippen LogP contribution is -2.44. The van der Waals surface area contributed by atoms with Crippen molar-refractivity contribution in [3.63, 3.8) is 0 Å². The van der Waals surface area contributed by atoms with E-state index >= 15 is 0 Å². The molecule has 5 N–H and O–H groups in total. The Hall–Kier alpha value is -3.92. The standard InChI is InChI=1S/C27H33N5O4S/c1-5-17-6-10-19(11-7-17)32(27(35)24-21(28)22(25(29)33)31-37-24)23(26(34)30-15-14-16(2)3)18-8-12-20(36-4)13-9-18/h6-13,16,23H,5,14-15,28H2,1-4H3,(H2,29,33)(H,30,34)/t23-/m1/s1. The average molecular weight is 524 g/mol. The summed E-state index contributed by atoms with van der Waals surface area (Å²) in [5.41, 5.74) is 13.4. The molecule has 0 unspecified atom stereocenters. The van der Waals surface area contributed by atoms with Gasteiger partial charge in [-0.2, -0.15) is 4.37 Å². The van der Waals surface area contributed by atoms with Crippen molar-refractivity contribution in [2.75, 3.05) is 24.3 Å². The van der Waals surface area contributed by atoms with Gasteiger partial charge in [-0.1, -0.05) is 45.0 Å². The number of hydrogen-bond donors (Lipinski definition) is 3. The van der Waals surface area contributed by atoms with Crippen molar-refractivity contribution in [2.45, 2.75) is 39.7 Å². The molecule has 3 rings (SSSR count). The summed E-state index contributed by atoms with van der Waals surface area (Å²) in [6, 6.07) is 13.3. The maximum Gasteiger partial charge on any atom is 0.273 e. The summed E-state index contributed by atoms with van der Waals surface area (Å²) < 4.78 is 9.27. The number of nitrogens with two attached hydrogens (primary N) is 2. The quantitative estimate of drug-likeness (QED) is 0.348. The number of carbonyl (C=O) groups is 3. The lowest BCUT2D eigenvalue weighted by atomic mass is 10.0. The van der Waals surface area contributed by atoms with Crippen LogP contribution in [0.4, 0.5) is 11.4 Å². The minimum absolute atomic E-state index is 0.0295. The molecular weight excluding hydrogens is 490 g/mol. The molecule has 0 saturated carbocycles. The fraction of sp³-hybridized carbons (Fsp3) is 0.333. The number of rotatable bonds is 11. The van der Waals surface area contributed by atoms with Crippen molar-refractivity contribution >= 4 is 40.6 Å². The van der Waals surface area contributed by atoms with Gasteiger partial charge in [0.15, 0.2) is 5.69 Å². The SMILES string of the molecule is CCc1ccc(N(C(=O)c2snc(C(N)=O)c2N)[C@@H](C(=O)NCCC(C)C)c2ccc(OC)cc2)cc1. The Bertz CT molecular complexity index is 1240. The van der Waals surface area contributed by atoms with Crippen LogP contribution >= 0.6 is 11.5 Å². The second kappa shape index (κ2) is 12.4. The van der Waals surface area contributed by atoms with Crippen LogP contribution < -0.4 is 26.4 Å². The second-order valence-electron chi connectivity index (χ2n) is 8.98. The zero-order valence-corrected chi connectivity index (χ0v) is 22.3. The van der Waals surface area contributed by atoms with Crippen molar-refractivity contribution in [3.8, 4) is 5.75 Å². The number of nitrogen functional groups attached to an aromatic ring is 1. The van der Waals surface area contributed by atoms with E-state index in [2.05, 4.69) is 23.5 Å². The van der Waals surface area contributed by atoms with Crippen LogP contribution in [0.3, 0.4) is 0 Å². The number of nitrogens with zero attached hydrogens (tertiary/aromatic N) is 2. The van der Waals surface area contributed by atoms with Crippen LogP contribution in [0.5, 0.6) is 5.75 Å². The summed E-state index contributed by atoms with van der Waals surface area (Å²) in [4.78, 5) is 40.9. The smallest absolute Gasteiger partial charge is 0.273 e. The minimum atomic E-state index is -1.03. The third-order valence-electron chi connectivity index (χ3n) is 5.96. The van der Waals surface area contributed by atoms with E-state index in [1.54, 1.807) is 43.5 Å². The van der Waals surface area contributed by atoms with E-state index in [1.165, 1.54) is 4.90 Å². The number of primary amides is 1. The highest BCUT2D eigenvalue weighted by molar-refractivity contribution is 7.09. The van der Waals surface area contributed by atoms with Gasteiger partial charge in [-0.05, 0) is 65.7 Å². The monoisotopic (exact) mass is 523 g/mol. The number of aryl methyl sites for hydroxylation is 1. The Kier molecular flexibility index (Phi) is 9.24. The summed E-state index contributed by atoms with van der Waals surface area (Å²) in [6.45, 7) is 6.63. The number of anilines is 2. The molecule has 0 spiro atoms. The highest BCUT2D eigenvalue weighted by Crippen LogP contribution is 2.34. The average Bonchev–Trinajstić information content (AvgIpc) is 3.28. The number of nitrogens with one attached hydrogen (secondary N) is 1. The predicted octanol–water partition coefficient (Wildman–Crippen LogP) is 3.95. The normalized spacial score (nSPS) is 11.7. The van der Waals surface area contributed by atoms with Crippen molar-refractivity contribution in [2.24, 2.45) is 11.7 Å². The van der Waals surface area contributed by atoms with Gasteiger partial charge in [0.05, 0.1) is 12.8 Å². The third-order valence-corrected chi connectivity index (χ3v) is 6.81. The Morgan fingerprint density at radius 2 is 1.73 bits per heavy atom. The van der Waals surface area contributed by atoms with Gasteiger partial charge in [-0.25, -0.2) is 0 Å². The second-order valence-corrected chi connectivity index (χ2v) is 9.76. The molecule has 3 amide bonds. The number of aromatic nitrogens is 1. The Labute approximate surface area is 221 Å². The zero-order valence-electron chi connectivity index (χ0n) is 21.5. The topological polar surface area (TPSA) is 141 Å². The van der Waals surface area contributed by atoms with E-state index < -0.39 is 17.9 Å². The largest absolute Gasteiger partial charge is 0.497 e. The zero-order chi connectivity index (χ0) is 27.1. The first-order chi connectivity index (χ1) is 17.7. The van der Waals surface area contributed by atoms with Crippen molar-refractivity contribution in [1.29, 1.82) is 0 Å². The predicted molar refractivity (Wildman–Crippen MR) is 146 cm³/mol. The van der Waals surface area contributed by atoms with Crippen molar-refractivity contribution in [3.05, 3.63) is 70.2 Å². The number of carbonyl (C=O) groups excluding carboxylic acids is 3. The van der Waals surface area contributed by atoms with Gasteiger partial charge in [-0.3, -0.25) is 19.3 Å². The van der Waals surface area contributed by atoms with Crippen LogP contribution in [-0.4, -0.2) is 35.7 Å². The van der Waals surface area contributed by atoms with Crippen LogP contribution in [0, 0.1) is 5.92 Å². The molecule has 0 aliphatic rings. The van der Waals surface area contributed by atoms with Gasteiger partial charge in [0.25, 0.3) is 11.8 Å². The van der Waals surface area contributed by atoms with Crippen LogP contribution in [0.15, 0.2) is 48.5 Å². The summed E-state index contributed by atoms with van der Waals surface area (Å²) in [6.07, 6.45) is 1.60. The molecule has 9 nitrogen and oxygen atoms in total. The number of amides is 3. The Morgan fingerprint density at radius 3 is 2.24 bits per heavy atom. The van der Waals surface area contributed by atoms with Gasteiger partial charge in [0.2, 0.25) is 5.91 Å². The molecule has 1 aromatic heterocycles. The van der Waals surface area contributed by atoms with E-state index in [0.29, 0.717) is 29.5 Å². The van der Waals surface area contributed by atoms with Gasteiger partial charge >= 0.3 is 0 Å². The number of hydrogen-bond acceptors (Lipinski definition) is 7. The fourth-order valence-electron chi connectivity index (χ4n) is 3.80. The number of methoxy groups -OCH3 is 1. The minimum Gasteiger partial charge on any atom is -0.497 e. The van der Waals surface area contributed by atoms with Crippen LogP contribution in [0.25, 0.3) is 0 Å². The fourth-order valence-corrected chi connectivity index (χ4v) is 4.54. The molecule has 37 heavy (non-hydrogen) atoms. The van der Waals surface area contributed by atoms with E-state index in [-0.39, 0.29) is 22.2 Å². The first-order valence-electron chi connectivity index (χ1n) is 12.1. The molecular formula is C27H33N5O4S. The first kappa shape index (κ1) is 27.7. The highest BCUT2D eigenvalue weighted by Gasteiger charge is 2.36. The molecule has 0 bridgehead atoms. The summed E-state index contributed by atoms with van der Waals surface area (Å²) in [5, 5.41) is 2.98. The lowest BCUT2D eigenvalue weighted by Gasteiger charge is -2.31. The van der Waals surface area contributed by atoms with Crippen LogP contribution in [0.2, 0.25) is 0 Å². The van der Waals surface area contributed by atoms with Crippen molar-refractivity contribution in [1.82, 2.24) is 9.69 Å². The molecule has 2 aromatic carbocycles. The highest BCUT2D eigenvalue weighted by atomic mass is 32.1. The van der Waals surface area contributed by atoms with Gasteiger partial charge in [-0.15, -0.1) is 0 Å². The van der Waals surface area contributed by atoms with Gasteiger partial charge in [0.1, 0.15) is 16.7 Å². The molecule has 196 valence electrons. The molecule has 0 radical (unpaired) electrons. The maximum absolute atomic E-state index is 14.0. The van der Waals surface area contributed by atoms with Crippen LogP contribution in [0.1, 0.15) is 64.5 Å². The molecule has 3 aromatic rings.